The average Bonchev–Trinajstić information content (AvgIpc) is 2.98. The van der Waals surface area contributed by atoms with Crippen LogP contribution in [0.3, 0.4) is 0 Å². The molecule has 0 fully saturated rings. The number of thioether (sulfide) groups is 1. The molecule has 21 heavy (non-hydrogen) atoms. The summed E-state index contributed by atoms with van der Waals surface area (Å²) in [5.74, 6) is -1.26. The van der Waals surface area contributed by atoms with E-state index in [1.807, 2.05) is 0 Å². The number of amides is 1. The number of carbonyl (C=O) groups is 2. The van der Waals surface area contributed by atoms with Gasteiger partial charge in [0.05, 0.1) is 12.1 Å². The normalized spacial score (nSPS) is 11.8. The van der Waals surface area contributed by atoms with Crippen LogP contribution in [0.1, 0.15) is 5.69 Å². The van der Waals surface area contributed by atoms with Crippen LogP contribution in [0.5, 0.6) is 0 Å². The number of hydrogen-bond donors (Lipinski definition) is 3. The summed E-state index contributed by atoms with van der Waals surface area (Å²) in [5.41, 5.74) is 0.657. The van der Waals surface area contributed by atoms with E-state index in [0.29, 0.717) is 5.69 Å². The molecule has 0 saturated carbocycles. The number of rotatable bonds is 7. The summed E-state index contributed by atoms with van der Waals surface area (Å²) in [6.07, 6.45) is 6.45. The number of nitrogens with zero attached hydrogens (tertiary/aromatic N) is 2. The second-order valence-corrected chi connectivity index (χ2v) is 5.26. The summed E-state index contributed by atoms with van der Waals surface area (Å²) in [6, 6.07) is 2.60. The van der Waals surface area contributed by atoms with Crippen LogP contribution in [0, 0.1) is 0 Å². The molecule has 0 aliphatic carbocycles. The fourth-order valence-electron chi connectivity index (χ4n) is 1.64. The largest absolute Gasteiger partial charge is 0.480 e. The molecule has 2 heterocycles. The molecular weight excluding hydrogens is 292 g/mol. The molecule has 1 atom stereocenters. The number of imidazole rings is 1. The Hall–Kier alpha value is -2.35. The van der Waals surface area contributed by atoms with Gasteiger partial charge in [0.1, 0.15) is 6.04 Å². The fourth-order valence-corrected chi connectivity index (χ4v) is 2.33. The Morgan fingerprint density at radius 2 is 2.10 bits per heavy atom. The molecule has 7 nitrogen and oxygen atoms in total. The third-order valence-corrected chi connectivity index (χ3v) is 3.64. The van der Waals surface area contributed by atoms with E-state index < -0.39 is 12.0 Å². The van der Waals surface area contributed by atoms with Gasteiger partial charge in [-0.3, -0.25) is 9.78 Å². The summed E-state index contributed by atoms with van der Waals surface area (Å²) in [7, 11) is 0. The summed E-state index contributed by atoms with van der Waals surface area (Å²) < 4.78 is 0. The van der Waals surface area contributed by atoms with E-state index in [1.165, 1.54) is 24.3 Å². The van der Waals surface area contributed by atoms with Crippen LogP contribution < -0.4 is 5.32 Å². The van der Waals surface area contributed by atoms with Gasteiger partial charge in [-0.15, -0.1) is 11.8 Å². The first-order chi connectivity index (χ1) is 10.1. The lowest BCUT2D eigenvalue weighted by Crippen LogP contribution is -2.43. The lowest BCUT2D eigenvalue weighted by molar-refractivity contribution is -0.141. The highest BCUT2D eigenvalue weighted by Crippen LogP contribution is 2.15. The van der Waals surface area contributed by atoms with Crippen molar-refractivity contribution < 1.29 is 14.7 Å². The van der Waals surface area contributed by atoms with Crippen molar-refractivity contribution in [1.82, 2.24) is 20.3 Å². The predicted molar refractivity (Wildman–Crippen MR) is 76.8 cm³/mol. The van der Waals surface area contributed by atoms with Gasteiger partial charge in [0.2, 0.25) is 5.91 Å². The van der Waals surface area contributed by atoms with Crippen molar-refractivity contribution in [2.75, 3.05) is 5.75 Å². The fraction of sp³-hybridized carbons (Fsp3) is 0.231. The minimum absolute atomic E-state index is 0.150. The Labute approximate surface area is 125 Å². The van der Waals surface area contributed by atoms with Crippen LogP contribution in [0.15, 0.2) is 41.9 Å². The van der Waals surface area contributed by atoms with E-state index in [0.717, 1.165) is 4.90 Å². The number of aromatic amines is 1. The number of nitrogens with one attached hydrogen (secondary N) is 2. The zero-order chi connectivity index (χ0) is 15.1. The molecule has 2 aromatic heterocycles. The van der Waals surface area contributed by atoms with E-state index in [-0.39, 0.29) is 18.1 Å². The van der Waals surface area contributed by atoms with E-state index in [4.69, 9.17) is 5.11 Å². The Kier molecular flexibility index (Phi) is 5.33. The number of aliphatic carboxylic acids is 1. The van der Waals surface area contributed by atoms with Crippen LogP contribution in [0.2, 0.25) is 0 Å². The highest BCUT2D eigenvalue weighted by atomic mass is 32.2. The van der Waals surface area contributed by atoms with Crippen molar-refractivity contribution >= 4 is 23.6 Å². The number of hydrogen-bond acceptors (Lipinski definition) is 5. The standard InChI is InChI=1S/C13H14N4O3S/c18-12(7-21-10-1-3-14-4-2-10)17-11(13(19)20)5-9-6-15-8-16-9/h1-4,6,8,11H,5,7H2,(H,15,16)(H,17,18)(H,19,20)/t11-/m1/s1. The molecule has 0 saturated heterocycles. The molecule has 0 aliphatic rings. The van der Waals surface area contributed by atoms with Crippen molar-refractivity contribution in [1.29, 1.82) is 0 Å². The Bertz CT molecular complexity index is 589. The topological polar surface area (TPSA) is 108 Å². The van der Waals surface area contributed by atoms with Crippen molar-refractivity contribution in [3.8, 4) is 0 Å². The molecule has 0 spiro atoms. The van der Waals surface area contributed by atoms with Crippen molar-refractivity contribution in [3.05, 3.63) is 42.7 Å². The lowest BCUT2D eigenvalue weighted by Gasteiger charge is -2.13. The summed E-state index contributed by atoms with van der Waals surface area (Å²) >= 11 is 1.33. The first-order valence-electron chi connectivity index (χ1n) is 6.17. The van der Waals surface area contributed by atoms with Gasteiger partial charge in [0, 0.05) is 35.6 Å². The van der Waals surface area contributed by atoms with E-state index >= 15 is 0 Å². The first kappa shape index (κ1) is 15.0. The molecular formula is C13H14N4O3S. The van der Waals surface area contributed by atoms with Gasteiger partial charge in [0.15, 0.2) is 0 Å². The summed E-state index contributed by atoms with van der Waals surface area (Å²) in [4.78, 5) is 34.4. The number of pyridine rings is 1. The van der Waals surface area contributed by atoms with Gasteiger partial charge in [-0.05, 0) is 12.1 Å². The molecule has 110 valence electrons. The predicted octanol–water partition coefficient (Wildman–Crippen LogP) is 0.709. The van der Waals surface area contributed by atoms with Crippen LogP contribution in [0.4, 0.5) is 0 Å². The molecule has 0 radical (unpaired) electrons. The van der Waals surface area contributed by atoms with E-state index in [1.54, 1.807) is 24.5 Å². The van der Waals surface area contributed by atoms with E-state index in [2.05, 4.69) is 20.3 Å². The minimum Gasteiger partial charge on any atom is -0.480 e. The molecule has 2 aromatic rings. The summed E-state index contributed by atoms with van der Waals surface area (Å²) in [5, 5.41) is 11.6. The smallest absolute Gasteiger partial charge is 0.326 e. The number of carboxylic acids is 1. The Morgan fingerprint density at radius 1 is 1.33 bits per heavy atom. The molecule has 0 bridgehead atoms. The SMILES string of the molecule is O=C(CSc1ccncc1)N[C@H](Cc1cnc[nH]1)C(=O)O. The van der Waals surface area contributed by atoms with Crippen LogP contribution in [-0.4, -0.2) is 43.7 Å². The number of aromatic nitrogens is 3. The third kappa shape index (κ3) is 4.92. The second kappa shape index (κ2) is 7.44. The molecule has 0 aliphatic heterocycles. The maximum absolute atomic E-state index is 11.8. The third-order valence-electron chi connectivity index (χ3n) is 2.63. The Balaban J connectivity index is 1.85. The maximum atomic E-state index is 11.8. The zero-order valence-electron chi connectivity index (χ0n) is 11.0. The number of carboxylic acid groups (broad SMARTS) is 1. The monoisotopic (exact) mass is 306 g/mol. The maximum Gasteiger partial charge on any atom is 0.326 e. The van der Waals surface area contributed by atoms with Gasteiger partial charge < -0.3 is 15.4 Å². The number of H-pyrrole nitrogens is 1. The second-order valence-electron chi connectivity index (χ2n) is 4.21. The quantitative estimate of drug-likeness (QED) is 0.650. The lowest BCUT2D eigenvalue weighted by atomic mass is 10.1. The molecule has 0 aromatic carbocycles. The molecule has 8 heteroatoms. The van der Waals surface area contributed by atoms with Crippen LogP contribution in [0.25, 0.3) is 0 Å². The molecule has 2 rings (SSSR count). The zero-order valence-corrected chi connectivity index (χ0v) is 11.8. The molecule has 1 amide bonds. The Morgan fingerprint density at radius 3 is 2.71 bits per heavy atom. The number of carbonyl (C=O) groups excluding carboxylic acids is 1. The van der Waals surface area contributed by atoms with Gasteiger partial charge in [-0.1, -0.05) is 0 Å². The van der Waals surface area contributed by atoms with Crippen LogP contribution >= 0.6 is 11.8 Å². The van der Waals surface area contributed by atoms with Gasteiger partial charge >= 0.3 is 5.97 Å². The van der Waals surface area contributed by atoms with Gasteiger partial charge in [-0.25, -0.2) is 9.78 Å². The molecule has 0 unspecified atom stereocenters. The van der Waals surface area contributed by atoms with Crippen molar-refractivity contribution in [2.45, 2.75) is 17.4 Å². The van der Waals surface area contributed by atoms with Crippen molar-refractivity contribution in [2.24, 2.45) is 0 Å². The minimum atomic E-state index is -1.08. The van der Waals surface area contributed by atoms with Gasteiger partial charge in [0.25, 0.3) is 0 Å². The highest BCUT2D eigenvalue weighted by Gasteiger charge is 2.20. The first-order valence-corrected chi connectivity index (χ1v) is 7.16. The highest BCUT2D eigenvalue weighted by molar-refractivity contribution is 8.00. The van der Waals surface area contributed by atoms with Crippen molar-refractivity contribution in [3.63, 3.8) is 0 Å². The summed E-state index contributed by atoms with van der Waals surface area (Å²) in [6.45, 7) is 0. The van der Waals surface area contributed by atoms with Crippen LogP contribution in [-0.2, 0) is 16.0 Å². The van der Waals surface area contributed by atoms with E-state index in [9.17, 15) is 9.59 Å². The average molecular weight is 306 g/mol. The van der Waals surface area contributed by atoms with Gasteiger partial charge in [-0.2, -0.15) is 0 Å². The molecule has 3 N–H and O–H groups in total.